The molecule has 5 rings (SSSR count). The number of amides is 1. The van der Waals surface area contributed by atoms with Crippen LogP contribution in [0.5, 0.6) is 17.2 Å². The van der Waals surface area contributed by atoms with Gasteiger partial charge >= 0.3 is 5.97 Å². The van der Waals surface area contributed by atoms with Gasteiger partial charge in [-0.3, -0.25) is 4.79 Å². The molecule has 3 aromatic carbocycles. The number of hydrogen-bond donors (Lipinski definition) is 0. The van der Waals surface area contributed by atoms with E-state index in [2.05, 4.69) is 6.08 Å². The highest BCUT2D eigenvalue weighted by Crippen LogP contribution is 2.44. The lowest BCUT2D eigenvalue weighted by Gasteiger charge is -2.29. The molecule has 1 amide bonds. The number of fused-ring (bicyclic) bond motifs is 1. The maximum Gasteiger partial charge on any atom is 0.344 e. The number of methoxy groups -OCH3 is 2. The van der Waals surface area contributed by atoms with Gasteiger partial charge in [-0.2, -0.15) is 5.10 Å². The Kier molecular flexibility index (Phi) is 8.67. The van der Waals surface area contributed by atoms with Crippen molar-refractivity contribution < 1.29 is 28.5 Å². The molecule has 0 bridgehead atoms. The lowest BCUT2D eigenvalue weighted by Crippen LogP contribution is -2.35. The van der Waals surface area contributed by atoms with Crippen molar-refractivity contribution in [3.8, 4) is 17.2 Å². The Balaban J connectivity index is 1.35. The monoisotopic (exact) mass is 554 g/mol. The second-order valence-corrected chi connectivity index (χ2v) is 10.1. The molecule has 8 heteroatoms. The number of benzene rings is 3. The highest BCUT2D eigenvalue weighted by Gasteiger charge is 2.43. The van der Waals surface area contributed by atoms with Crippen LogP contribution in [0.25, 0.3) is 6.08 Å². The predicted molar refractivity (Wildman–Crippen MR) is 156 cm³/mol. The SMILES string of the molecule is COc1ccc(C=C2CCCC3C2=NN(C(=O)COC(=O)COc2ccccc2C)C3c2ccc(OC)cc2)cc1. The third kappa shape index (κ3) is 6.43. The average Bonchev–Trinajstić information content (AvgIpc) is 3.40. The van der Waals surface area contributed by atoms with Crippen molar-refractivity contribution in [2.45, 2.75) is 32.2 Å². The van der Waals surface area contributed by atoms with Crippen LogP contribution >= 0.6 is 0 Å². The molecule has 3 aromatic rings. The van der Waals surface area contributed by atoms with E-state index in [1.165, 1.54) is 5.01 Å². The first-order valence-corrected chi connectivity index (χ1v) is 13.7. The Morgan fingerprint density at radius 1 is 0.927 bits per heavy atom. The molecule has 0 spiro atoms. The van der Waals surface area contributed by atoms with Crippen molar-refractivity contribution in [1.82, 2.24) is 5.01 Å². The normalized spacial score (nSPS) is 18.9. The largest absolute Gasteiger partial charge is 0.497 e. The summed E-state index contributed by atoms with van der Waals surface area (Å²) in [7, 11) is 3.27. The number of para-hydroxylation sites is 1. The molecule has 1 fully saturated rings. The van der Waals surface area contributed by atoms with E-state index < -0.39 is 12.6 Å². The Labute approximate surface area is 240 Å². The Morgan fingerprint density at radius 2 is 1.61 bits per heavy atom. The molecule has 0 radical (unpaired) electrons. The number of allylic oxidation sites excluding steroid dienone is 1. The van der Waals surface area contributed by atoms with Crippen LogP contribution in [-0.2, 0) is 14.3 Å². The zero-order valence-electron chi connectivity index (χ0n) is 23.5. The first-order valence-electron chi connectivity index (χ1n) is 13.7. The molecule has 2 aliphatic rings. The van der Waals surface area contributed by atoms with E-state index in [1.54, 1.807) is 20.3 Å². The van der Waals surface area contributed by atoms with Crippen LogP contribution in [-0.4, -0.2) is 50.0 Å². The minimum atomic E-state index is -0.619. The molecule has 41 heavy (non-hydrogen) atoms. The summed E-state index contributed by atoms with van der Waals surface area (Å²) in [6.07, 6.45) is 4.87. The number of rotatable bonds is 9. The zero-order chi connectivity index (χ0) is 28.8. The van der Waals surface area contributed by atoms with Crippen molar-refractivity contribution in [2.24, 2.45) is 11.0 Å². The summed E-state index contributed by atoms with van der Waals surface area (Å²) in [5.74, 6) is 1.14. The van der Waals surface area contributed by atoms with Crippen LogP contribution < -0.4 is 14.2 Å². The fourth-order valence-corrected chi connectivity index (χ4v) is 5.35. The average molecular weight is 555 g/mol. The van der Waals surface area contributed by atoms with Gasteiger partial charge in [0.15, 0.2) is 13.2 Å². The summed E-state index contributed by atoms with van der Waals surface area (Å²) in [5.41, 5.74) is 4.90. The third-order valence-corrected chi connectivity index (χ3v) is 7.47. The van der Waals surface area contributed by atoms with Gasteiger partial charge in [0.1, 0.15) is 17.2 Å². The molecule has 2 unspecified atom stereocenters. The zero-order valence-corrected chi connectivity index (χ0v) is 23.5. The number of carbonyl (C=O) groups is 2. The molecule has 0 saturated heterocycles. The number of aryl methyl sites for hydroxylation is 1. The topological polar surface area (TPSA) is 86.7 Å². The van der Waals surface area contributed by atoms with Crippen molar-refractivity contribution in [3.63, 3.8) is 0 Å². The van der Waals surface area contributed by atoms with E-state index in [0.717, 1.165) is 58.7 Å². The van der Waals surface area contributed by atoms with Crippen molar-refractivity contribution in [1.29, 1.82) is 0 Å². The maximum absolute atomic E-state index is 13.5. The number of carbonyl (C=O) groups excluding carboxylic acids is 2. The summed E-state index contributed by atoms with van der Waals surface area (Å²) < 4.78 is 21.5. The molecule has 0 N–H and O–H groups in total. The van der Waals surface area contributed by atoms with E-state index in [9.17, 15) is 9.59 Å². The van der Waals surface area contributed by atoms with Gasteiger partial charge in [-0.05, 0) is 84.9 Å². The van der Waals surface area contributed by atoms with Crippen LogP contribution in [0.15, 0.2) is 83.5 Å². The van der Waals surface area contributed by atoms with Crippen LogP contribution in [0, 0.1) is 12.8 Å². The second-order valence-electron chi connectivity index (χ2n) is 10.1. The Hall–Kier alpha value is -4.59. The number of hydrazone groups is 1. The van der Waals surface area contributed by atoms with Crippen LogP contribution in [0.2, 0.25) is 0 Å². The van der Waals surface area contributed by atoms with Crippen molar-refractivity contribution in [3.05, 3.63) is 95.1 Å². The molecule has 1 aliphatic carbocycles. The highest BCUT2D eigenvalue weighted by atomic mass is 16.6. The first-order chi connectivity index (χ1) is 20.0. The van der Waals surface area contributed by atoms with Gasteiger partial charge in [-0.15, -0.1) is 0 Å². The molecule has 0 aromatic heterocycles. The smallest absolute Gasteiger partial charge is 0.344 e. The van der Waals surface area contributed by atoms with Crippen LogP contribution in [0.3, 0.4) is 0 Å². The van der Waals surface area contributed by atoms with Crippen LogP contribution in [0.1, 0.15) is 42.0 Å². The van der Waals surface area contributed by atoms with Gasteiger partial charge in [0.25, 0.3) is 5.91 Å². The minimum absolute atomic E-state index is 0.0192. The fraction of sp³-hybridized carbons (Fsp3) is 0.303. The van der Waals surface area contributed by atoms with E-state index in [0.29, 0.717) is 5.75 Å². The summed E-state index contributed by atoms with van der Waals surface area (Å²) in [5, 5.41) is 6.35. The van der Waals surface area contributed by atoms with Gasteiger partial charge in [0, 0.05) is 5.92 Å². The number of hydrogen-bond acceptors (Lipinski definition) is 7. The number of ether oxygens (including phenoxy) is 4. The summed E-state index contributed by atoms with van der Waals surface area (Å²) in [6.45, 7) is 1.18. The quantitative estimate of drug-likeness (QED) is 0.313. The van der Waals surface area contributed by atoms with Crippen molar-refractivity contribution >= 4 is 23.7 Å². The lowest BCUT2D eigenvalue weighted by molar-refractivity contribution is -0.154. The van der Waals surface area contributed by atoms with Gasteiger partial charge in [0.2, 0.25) is 0 Å². The molecule has 1 saturated carbocycles. The van der Waals surface area contributed by atoms with E-state index in [4.69, 9.17) is 24.0 Å². The van der Waals surface area contributed by atoms with Gasteiger partial charge < -0.3 is 18.9 Å². The van der Waals surface area contributed by atoms with E-state index in [-0.39, 0.29) is 24.5 Å². The molecule has 212 valence electrons. The lowest BCUT2D eigenvalue weighted by atomic mass is 9.77. The molecule has 1 heterocycles. The molecule has 8 nitrogen and oxygen atoms in total. The molecular weight excluding hydrogens is 520 g/mol. The Morgan fingerprint density at radius 3 is 2.29 bits per heavy atom. The molecule has 2 atom stereocenters. The van der Waals surface area contributed by atoms with Gasteiger partial charge in [-0.25, -0.2) is 9.80 Å². The summed E-state index contributed by atoms with van der Waals surface area (Å²) in [4.78, 5) is 25.9. The van der Waals surface area contributed by atoms with Gasteiger partial charge in [0.05, 0.1) is 26.0 Å². The van der Waals surface area contributed by atoms with E-state index in [1.807, 2.05) is 73.7 Å². The first kappa shape index (κ1) is 28.0. The van der Waals surface area contributed by atoms with Gasteiger partial charge in [-0.1, -0.05) is 42.5 Å². The molecular formula is C33H34N2O6. The minimum Gasteiger partial charge on any atom is -0.497 e. The number of nitrogens with zero attached hydrogens (tertiary/aromatic N) is 2. The van der Waals surface area contributed by atoms with Crippen LogP contribution in [0.4, 0.5) is 0 Å². The Bertz CT molecular complexity index is 1450. The number of esters is 1. The highest BCUT2D eigenvalue weighted by molar-refractivity contribution is 6.08. The fourth-order valence-electron chi connectivity index (χ4n) is 5.35. The second kappa shape index (κ2) is 12.7. The predicted octanol–water partition coefficient (Wildman–Crippen LogP) is 5.76. The summed E-state index contributed by atoms with van der Waals surface area (Å²) >= 11 is 0. The maximum atomic E-state index is 13.5. The standard InChI is InChI=1S/C33H34N2O6/c1-22-7-4-5-10-29(22)40-21-31(37)41-20-30(36)35-33(24-13-17-27(39-3)18-14-24)28-9-6-8-25(32(28)34-35)19-23-11-15-26(38-2)16-12-23/h4-5,7,10-19,28,33H,6,8-9,20-21H2,1-3H3. The molecule has 1 aliphatic heterocycles. The van der Waals surface area contributed by atoms with E-state index >= 15 is 0 Å². The summed E-state index contributed by atoms with van der Waals surface area (Å²) in [6, 6.07) is 22.7. The third-order valence-electron chi connectivity index (χ3n) is 7.47. The van der Waals surface area contributed by atoms with Crippen molar-refractivity contribution in [2.75, 3.05) is 27.4 Å².